The van der Waals surface area contributed by atoms with Gasteiger partial charge < -0.3 is 14.4 Å². The van der Waals surface area contributed by atoms with E-state index in [1.165, 1.54) is 0 Å². The summed E-state index contributed by atoms with van der Waals surface area (Å²) in [6, 6.07) is 31.2. The highest BCUT2D eigenvalue weighted by atomic mass is 16.5. The smallest absolute Gasteiger partial charge is 0.337 e. The zero-order chi connectivity index (χ0) is 29.3. The molecule has 0 saturated carbocycles. The van der Waals surface area contributed by atoms with Gasteiger partial charge in [0.15, 0.2) is 37.9 Å². The Bertz CT molecular complexity index is 1490. The van der Waals surface area contributed by atoms with Crippen LogP contribution in [-0.2, 0) is 32.2 Å². The Morgan fingerprint density at radius 3 is 1.45 bits per heavy atom. The van der Waals surface area contributed by atoms with Gasteiger partial charge in [-0.1, -0.05) is 60.7 Å². The van der Waals surface area contributed by atoms with E-state index in [4.69, 9.17) is 9.47 Å². The molecular formula is C35H35N3O4+2. The van der Waals surface area contributed by atoms with Crippen LogP contribution < -0.4 is 14.0 Å². The van der Waals surface area contributed by atoms with Gasteiger partial charge in [0.05, 0.1) is 41.7 Å². The minimum absolute atomic E-state index is 0.201. The van der Waals surface area contributed by atoms with Crippen LogP contribution in [0.4, 0.5) is 5.69 Å². The fourth-order valence-electron chi connectivity index (χ4n) is 5.38. The third kappa shape index (κ3) is 6.15. The molecule has 0 saturated heterocycles. The molecular weight excluding hydrogens is 526 g/mol. The number of rotatable bonds is 10. The van der Waals surface area contributed by atoms with Crippen molar-refractivity contribution < 1.29 is 28.2 Å². The first-order valence-corrected chi connectivity index (χ1v) is 14.2. The van der Waals surface area contributed by atoms with Crippen molar-refractivity contribution in [2.45, 2.75) is 32.9 Å². The van der Waals surface area contributed by atoms with Crippen molar-refractivity contribution in [1.29, 1.82) is 0 Å². The van der Waals surface area contributed by atoms with Crippen molar-refractivity contribution in [3.63, 3.8) is 0 Å². The molecule has 0 unspecified atom stereocenters. The summed E-state index contributed by atoms with van der Waals surface area (Å²) in [7, 11) is 0. The number of carbonyl (C=O) groups is 2. The van der Waals surface area contributed by atoms with Gasteiger partial charge in [0.25, 0.3) is 0 Å². The molecule has 212 valence electrons. The van der Waals surface area contributed by atoms with Crippen LogP contribution in [0.15, 0.2) is 144 Å². The molecule has 0 radical (unpaired) electrons. The molecule has 3 heterocycles. The van der Waals surface area contributed by atoms with Crippen LogP contribution in [-0.4, -0.2) is 25.2 Å². The lowest BCUT2D eigenvalue weighted by Crippen LogP contribution is -2.47. The van der Waals surface area contributed by atoms with Gasteiger partial charge in [0.2, 0.25) is 0 Å². The minimum Gasteiger partial charge on any atom is -0.463 e. The van der Waals surface area contributed by atoms with Gasteiger partial charge >= 0.3 is 11.9 Å². The molecule has 2 aromatic heterocycles. The molecule has 4 aromatic rings. The van der Waals surface area contributed by atoms with Crippen LogP contribution in [0.2, 0.25) is 0 Å². The molecule has 0 bridgehead atoms. The summed E-state index contributed by atoms with van der Waals surface area (Å²) in [4.78, 5) is 30.1. The lowest BCUT2D eigenvalue weighted by Gasteiger charge is -2.38. The predicted molar refractivity (Wildman–Crippen MR) is 159 cm³/mol. The molecule has 2 aromatic carbocycles. The Hall–Kier alpha value is -5.04. The number of allylic oxidation sites excluding steroid dienone is 2. The fraction of sp³-hybridized carbons (Fsp3) is 0.200. The van der Waals surface area contributed by atoms with Crippen LogP contribution >= 0.6 is 0 Å². The highest BCUT2D eigenvalue weighted by Gasteiger charge is 2.45. The van der Waals surface area contributed by atoms with E-state index in [9.17, 15) is 9.59 Å². The largest absolute Gasteiger partial charge is 0.463 e. The fourth-order valence-corrected chi connectivity index (χ4v) is 5.38. The van der Waals surface area contributed by atoms with Crippen molar-refractivity contribution in [3.05, 3.63) is 150 Å². The van der Waals surface area contributed by atoms with Gasteiger partial charge in [0.1, 0.15) is 0 Å². The zero-order valence-electron chi connectivity index (χ0n) is 23.9. The van der Waals surface area contributed by atoms with E-state index in [1.807, 2.05) is 136 Å². The summed E-state index contributed by atoms with van der Waals surface area (Å²) < 4.78 is 15.5. The Morgan fingerprint density at radius 1 is 0.619 bits per heavy atom. The number of para-hydroxylation sites is 1. The minimum atomic E-state index is -0.706. The van der Waals surface area contributed by atoms with Gasteiger partial charge in [-0.2, -0.15) is 9.13 Å². The standard InChI is InChI=1S/C35H35N3O4/c1-3-41-34(39)32-29(25-36-21-13-7-14-22-36)38(28-19-11-6-12-20-28)30(26-37-23-15-8-16-24-37)33(35(40)42-4-2)31(32)27-17-9-5-10-18-27/h5-24,31H,3-4,25-26H2,1-2H3/q+2. The Morgan fingerprint density at radius 2 is 1.02 bits per heavy atom. The molecule has 1 aliphatic rings. The number of esters is 2. The van der Waals surface area contributed by atoms with Crippen molar-refractivity contribution in [2.24, 2.45) is 0 Å². The Labute approximate surface area is 246 Å². The lowest BCUT2D eigenvalue weighted by molar-refractivity contribution is -0.691. The van der Waals surface area contributed by atoms with E-state index in [1.54, 1.807) is 13.8 Å². The van der Waals surface area contributed by atoms with Crippen molar-refractivity contribution in [3.8, 4) is 0 Å². The molecule has 5 rings (SSSR count). The van der Waals surface area contributed by atoms with Gasteiger partial charge in [-0.05, 0) is 31.5 Å². The van der Waals surface area contributed by atoms with Gasteiger partial charge in [0, 0.05) is 30.0 Å². The number of hydrogen-bond donors (Lipinski definition) is 0. The summed E-state index contributed by atoms with van der Waals surface area (Å²) in [6.45, 7) is 4.72. The Balaban J connectivity index is 1.88. The van der Waals surface area contributed by atoms with Crippen LogP contribution in [0.1, 0.15) is 25.3 Å². The van der Waals surface area contributed by atoms with E-state index >= 15 is 0 Å². The first-order valence-electron chi connectivity index (χ1n) is 14.2. The second-order valence-corrected chi connectivity index (χ2v) is 9.77. The summed E-state index contributed by atoms with van der Waals surface area (Å²) in [6.07, 6.45) is 7.86. The number of carbonyl (C=O) groups excluding carboxylic acids is 2. The van der Waals surface area contributed by atoms with E-state index < -0.39 is 17.9 Å². The van der Waals surface area contributed by atoms with E-state index in [2.05, 4.69) is 0 Å². The van der Waals surface area contributed by atoms with Crippen molar-refractivity contribution in [2.75, 3.05) is 18.1 Å². The molecule has 0 spiro atoms. The van der Waals surface area contributed by atoms with Gasteiger partial charge in [-0.25, -0.2) is 9.59 Å². The molecule has 1 aliphatic heterocycles. The van der Waals surface area contributed by atoms with Crippen molar-refractivity contribution >= 4 is 17.6 Å². The summed E-state index contributed by atoms with van der Waals surface area (Å²) in [5, 5.41) is 0. The maximum atomic E-state index is 14.1. The van der Waals surface area contributed by atoms with Gasteiger partial charge in [-0.3, -0.25) is 0 Å². The topological polar surface area (TPSA) is 63.6 Å². The first kappa shape index (κ1) is 28.5. The van der Waals surface area contributed by atoms with E-state index in [0.29, 0.717) is 24.2 Å². The molecule has 0 aliphatic carbocycles. The predicted octanol–water partition coefficient (Wildman–Crippen LogP) is 4.90. The second-order valence-electron chi connectivity index (χ2n) is 9.77. The number of nitrogens with zero attached hydrogens (tertiary/aromatic N) is 3. The van der Waals surface area contributed by atoms with Crippen LogP contribution in [0.25, 0.3) is 0 Å². The number of hydrogen-bond acceptors (Lipinski definition) is 5. The SMILES string of the molecule is CCOC(=O)C1=C(C[n+]2ccccc2)N(c2ccccc2)C(C[n+]2ccccc2)=C(C(=O)OCC)C1c1ccccc1. The highest BCUT2D eigenvalue weighted by molar-refractivity contribution is 6.01. The lowest BCUT2D eigenvalue weighted by atomic mass is 9.79. The maximum Gasteiger partial charge on any atom is 0.337 e. The number of benzene rings is 2. The van der Waals surface area contributed by atoms with Gasteiger partial charge in [-0.15, -0.1) is 0 Å². The average molecular weight is 562 g/mol. The van der Waals surface area contributed by atoms with Crippen molar-refractivity contribution in [1.82, 2.24) is 0 Å². The van der Waals surface area contributed by atoms with Crippen LogP contribution in [0, 0.1) is 0 Å². The summed E-state index contributed by atoms with van der Waals surface area (Å²) >= 11 is 0. The third-order valence-corrected chi connectivity index (χ3v) is 7.10. The molecule has 7 heteroatoms. The quantitative estimate of drug-likeness (QED) is 0.204. The molecule has 7 nitrogen and oxygen atoms in total. The maximum absolute atomic E-state index is 14.1. The average Bonchev–Trinajstić information content (AvgIpc) is 3.03. The third-order valence-electron chi connectivity index (χ3n) is 7.10. The van der Waals surface area contributed by atoms with Crippen LogP contribution in [0.5, 0.6) is 0 Å². The number of anilines is 1. The van der Waals surface area contributed by atoms with E-state index in [0.717, 1.165) is 22.6 Å². The summed E-state index contributed by atoms with van der Waals surface area (Å²) in [5.74, 6) is -1.64. The summed E-state index contributed by atoms with van der Waals surface area (Å²) in [5.41, 5.74) is 3.91. The van der Waals surface area contributed by atoms with E-state index in [-0.39, 0.29) is 13.2 Å². The molecule has 0 atom stereocenters. The molecule has 0 fully saturated rings. The molecule has 0 amide bonds. The molecule has 42 heavy (non-hydrogen) atoms. The zero-order valence-corrected chi connectivity index (χ0v) is 23.9. The Kier molecular flexibility index (Phi) is 9.19. The number of aromatic nitrogens is 2. The molecule has 0 N–H and O–H groups in total. The number of ether oxygens (including phenoxy) is 2. The first-order chi connectivity index (χ1) is 20.6. The monoisotopic (exact) mass is 561 g/mol. The van der Waals surface area contributed by atoms with Crippen LogP contribution in [0.3, 0.4) is 0 Å². The highest BCUT2D eigenvalue weighted by Crippen LogP contribution is 2.45. The normalized spacial score (nSPS) is 13.7. The number of pyridine rings is 2. The second kappa shape index (κ2) is 13.5.